The van der Waals surface area contributed by atoms with Crippen LogP contribution in [0.5, 0.6) is 5.75 Å². The standard InChI is InChI=1S/C24H24N4O3S/c1-4-8-16-20(23(29)31-5-2)21(28-22(26)18(13-25)32-24(28)27-16)19-15-10-7-6-9-14(15)11-12-17(19)30-3/h6-7,9-12,21H,4-5,8,26H2,1-3H3/t21-/m1/s1. The molecule has 0 unspecified atom stereocenters. The molecule has 2 aliphatic rings. The van der Waals surface area contributed by atoms with Crippen molar-refractivity contribution >= 4 is 33.7 Å². The highest BCUT2D eigenvalue weighted by atomic mass is 32.2. The van der Waals surface area contributed by atoms with Crippen molar-refractivity contribution in [3.8, 4) is 11.8 Å². The van der Waals surface area contributed by atoms with Crippen LogP contribution in [0.4, 0.5) is 0 Å². The van der Waals surface area contributed by atoms with Gasteiger partial charge in [0.05, 0.1) is 25.0 Å². The molecule has 0 saturated heterocycles. The van der Waals surface area contributed by atoms with Gasteiger partial charge in [-0.15, -0.1) is 0 Å². The van der Waals surface area contributed by atoms with E-state index >= 15 is 0 Å². The zero-order valence-electron chi connectivity index (χ0n) is 18.2. The molecule has 0 aromatic heterocycles. The van der Waals surface area contributed by atoms with Crippen molar-refractivity contribution in [3.63, 3.8) is 0 Å². The largest absolute Gasteiger partial charge is 0.496 e. The number of esters is 1. The fourth-order valence-electron chi connectivity index (χ4n) is 4.15. The number of carbonyl (C=O) groups is 1. The number of methoxy groups -OCH3 is 1. The maximum atomic E-state index is 13.3. The molecule has 0 radical (unpaired) electrons. The number of allylic oxidation sites excluding steroid dienone is 2. The quantitative estimate of drug-likeness (QED) is 0.646. The summed E-state index contributed by atoms with van der Waals surface area (Å²) in [5, 5.41) is 12.1. The van der Waals surface area contributed by atoms with Crippen LogP contribution in [0.1, 0.15) is 38.3 Å². The summed E-state index contributed by atoms with van der Waals surface area (Å²) >= 11 is 1.22. The Morgan fingerprint density at radius 3 is 2.75 bits per heavy atom. The molecule has 1 atom stereocenters. The van der Waals surface area contributed by atoms with Gasteiger partial charge in [-0.1, -0.05) is 43.7 Å². The lowest BCUT2D eigenvalue weighted by molar-refractivity contribution is -0.139. The maximum Gasteiger partial charge on any atom is 0.338 e. The molecule has 32 heavy (non-hydrogen) atoms. The average molecular weight is 449 g/mol. The van der Waals surface area contributed by atoms with E-state index in [0.29, 0.717) is 33.5 Å². The second kappa shape index (κ2) is 8.97. The van der Waals surface area contributed by atoms with Crippen molar-refractivity contribution in [1.29, 1.82) is 5.26 Å². The number of benzene rings is 2. The summed E-state index contributed by atoms with van der Waals surface area (Å²) in [7, 11) is 1.60. The van der Waals surface area contributed by atoms with Gasteiger partial charge in [0.15, 0.2) is 5.17 Å². The number of ether oxygens (including phenoxy) is 2. The summed E-state index contributed by atoms with van der Waals surface area (Å²) in [4.78, 5) is 20.2. The van der Waals surface area contributed by atoms with Gasteiger partial charge in [0.25, 0.3) is 0 Å². The highest BCUT2D eigenvalue weighted by molar-refractivity contribution is 8.17. The number of amidine groups is 1. The molecule has 0 spiro atoms. The zero-order chi connectivity index (χ0) is 22.8. The van der Waals surface area contributed by atoms with Crippen LogP contribution in [0, 0.1) is 11.3 Å². The molecule has 2 aromatic rings. The van der Waals surface area contributed by atoms with Gasteiger partial charge in [-0.05, 0) is 41.9 Å². The van der Waals surface area contributed by atoms with E-state index in [1.165, 1.54) is 11.8 Å². The Labute approximate surface area is 191 Å². The van der Waals surface area contributed by atoms with E-state index < -0.39 is 12.0 Å². The number of aliphatic imine (C=N–C) groups is 1. The first-order valence-electron chi connectivity index (χ1n) is 10.5. The Balaban J connectivity index is 2.07. The maximum absolute atomic E-state index is 13.3. The minimum Gasteiger partial charge on any atom is -0.496 e. The van der Waals surface area contributed by atoms with E-state index in [-0.39, 0.29) is 12.4 Å². The van der Waals surface area contributed by atoms with Gasteiger partial charge in [-0.3, -0.25) is 4.90 Å². The molecule has 2 N–H and O–H groups in total. The summed E-state index contributed by atoms with van der Waals surface area (Å²) < 4.78 is 11.2. The molecule has 0 bridgehead atoms. The molecule has 0 amide bonds. The molecular weight excluding hydrogens is 424 g/mol. The van der Waals surface area contributed by atoms with Gasteiger partial charge in [-0.25, -0.2) is 9.79 Å². The lowest BCUT2D eigenvalue weighted by Crippen LogP contribution is -2.39. The number of hydrogen-bond acceptors (Lipinski definition) is 8. The molecule has 7 nitrogen and oxygen atoms in total. The second-order valence-electron chi connectivity index (χ2n) is 7.33. The summed E-state index contributed by atoms with van der Waals surface area (Å²) in [5.41, 5.74) is 8.29. The fourth-order valence-corrected chi connectivity index (χ4v) is 5.04. The van der Waals surface area contributed by atoms with Gasteiger partial charge >= 0.3 is 5.97 Å². The van der Waals surface area contributed by atoms with Crippen LogP contribution in [-0.4, -0.2) is 29.8 Å². The van der Waals surface area contributed by atoms with Gasteiger partial charge in [-0.2, -0.15) is 5.26 Å². The van der Waals surface area contributed by atoms with Gasteiger partial charge in [0.2, 0.25) is 0 Å². The Hall–Kier alpha value is -3.44. The number of hydrogen-bond donors (Lipinski definition) is 1. The first-order valence-corrected chi connectivity index (χ1v) is 11.3. The van der Waals surface area contributed by atoms with Gasteiger partial charge in [0, 0.05) is 5.56 Å². The number of nitrogens with zero attached hydrogens (tertiary/aromatic N) is 3. The predicted octanol–water partition coefficient (Wildman–Crippen LogP) is 4.58. The summed E-state index contributed by atoms with van der Waals surface area (Å²) in [6.07, 6.45) is 1.39. The highest BCUT2D eigenvalue weighted by Gasteiger charge is 2.44. The summed E-state index contributed by atoms with van der Waals surface area (Å²) in [5.74, 6) is 0.450. The third-order valence-electron chi connectivity index (χ3n) is 5.47. The van der Waals surface area contributed by atoms with E-state index in [0.717, 1.165) is 22.8 Å². The molecular formula is C24H24N4O3S. The lowest BCUT2D eigenvalue weighted by atomic mass is 9.89. The van der Waals surface area contributed by atoms with Crippen molar-refractivity contribution in [2.24, 2.45) is 10.7 Å². The summed E-state index contributed by atoms with van der Waals surface area (Å²) in [6.45, 7) is 4.04. The Bertz CT molecular complexity index is 1230. The van der Waals surface area contributed by atoms with Crippen LogP contribution in [-0.2, 0) is 9.53 Å². The van der Waals surface area contributed by atoms with Crippen molar-refractivity contribution < 1.29 is 14.3 Å². The van der Waals surface area contributed by atoms with E-state index in [1.54, 1.807) is 18.9 Å². The topological polar surface area (TPSA) is 101 Å². The normalized spacial score (nSPS) is 17.9. The van der Waals surface area contributed by atoms with E-state index in [2.05, 4.69) is 6.07 Å². The monoisotopic (exact) mass is 448 g/mol. The van der Waals surface area contributed by atoms with Crippen LogP contribution in [0.25, 0.3) is 10.8 Å². The first-order chi connectivity index (χ1) is 15.5. The van der Waals surface area contributed by atoms with Crippen LogP contribution in [0.3, 0.4) is 0 Å². The van der Waals surface area contributed by atoms with Crippen LogP contribution in [0.2, 0.25) is 0 Å². The number of fused-ring (bicyclic) bond motifs is 2. The van der Waals surface area contributed by atoms with Crippen molar-refractivity contribution in [2.75, 3.05) is 13.7 Å². The zero-order valence-corrected chi connectivity index (χ0v) is 19.0. The molecule has 0 fully saturated rings. The predicted molar refractivity (Wildman–Crippen MR) is 125 cm³/mol. The minimum absolute atomic E-state index is 0.237. The molecule has 2 aromatic carbocycles. The second-order valence-corrected chi connectivity index (χ2v) is 8.31. The highest BCUT2D eigenvalue weighted by Crippen LogP contribution is 2.49. The molecule has 2 heterocycles. The van der Waals surface area contributed by atoms with Crippen LogP contribution >= 0.6 is 11.8 Å². The molecule has 0 aliphatic carbocycles. The molecule has 164 valence electrons. The molecule has 4 rings (SSSR count). The Morgan fingerprint density at radius 2 is 2.06 bits per heavy atom. The van der Waals surface area contributed by atoms with Crippen molar-refractivity contribution in [1.82, 2.24) is 4.90 Å². The molecule has 2 aliphatic heterocycles. The van der Waals surface area contributed by atoms with Gasteiger partial charge in [0.1, 0.15) is 28.6 Å². The summed E-state index contributed by atoms with van der Waals surface area (Å²) in [6, 6.07) is 13.3. The number of nitriles is 1. The van der Waals surface area contributed by atoms with Crippen LogP contribution < -0.4 is 10.5 Å². The SMILES string of the molecule is CCCC1=C(C(=O)OCC)[C@@H](c2c(OC)ccc3ccccc23)N2C(=N1)SC(C#N)=C2N. The fraction of sp³-hybridized carbons (Fsp3) is 0.292. The van der Waals surface area contributed by atoms with E-state index in [4.69, 9.17) is 20.2 Å². The van der Waals surface area contributed by atoms with Crippen molar-refractivity contribution in [3.05, 3.63) is 64.0 Å². The minimum atomic E-state index is -0.637. The van der Waals surface area contributed by atoms with E-state index in [9.17, 15) is 10.1 Å². The average Bonchev–Trinajstić information content (AvgIpc) is 3.13. The van der Waals surface area contributed by atoms with Crippen molar-refractivity contribution in [2.45, 2.75) is 32.7 Å². The number of nitrogens with two attached hydrogens (primary N) is 1. The Kier molecular flexibility index (Phi) is 6.10. The third-order valence-corrected chi connectivity index (χ3v) is 6.45. The van der Waals surface area contributed by atoms with Gasteiger partial charge < -0.3 is 15.2 Å². The molecule has 8 heteroatoms. The number of carbonyl (C=O) groups excluding carboxylic acids is 1. The molecule has 0 saturated carbocycles. The number of rotatable bonds is 6. The smallest absolute Gasteiger partial charge is 0.338 e. The lowest BCUT2D eigenvalue weighted by Gasteiger charge is -2.36. The van der Waals surface area contributed by atoms with Crippen LogP contribution in [0.15, 0.2) is 63.4 Å². The van der Waals surface area contributed by atoms with E-state index in [1.807, 2.05) is 43.3 Å². The Morgan fingerprint density at radius 1 is 1.28 bits per heavy atom. The first kappa shape index (κ1) is 21.8. The third kappa shape index (κ3) is 3.49. The number of thioether (sulfide) groups is 1.